The number of hydrogen-bond acceptors (Lipinski definition) is 2. The second-order valence-corrected chi connectivity index (χ2v) is 6.27. The Bertz CT molecular complexity index is 772. The second kappa shape index (κ2) is 5.20. The summed E-state index contributed by atoms with van der Waals surface area (Å²) in [6.07, 6.45) is 8.56. The van der Waals surface area contributed by atoms with Crippen LogP contribution in [0.5, 0.6) is 11.5 Å². The van der Waals surface area contributed by atoms with Gasteiger partial charge in [-0.05, 0) is 72.9 Å². The second-order valence-electron chi connectivity index (χ2n) is 6.27. The van der Waals surface area contributed by atoms with E-state index in [4.69, 9.17) is 0 Å². The fourth-order valence-electron chi connectivity index (χ4n) is 3.92. The number of hydrogen-bond donors (Lipinski definition) is 2. The van der Waals surface area contributed by atoms with E-state index in [0.717, 1.165) is 42.4 Å². The Balaban J connectivity index is 1.96. The van der Waals surface area contributed by atoms with Gasteiger partial charge >= 0.3 is 0 Å². The molecular weight excluding hydrogens is 272 g/mol. The molecule has 4 rings (SSSR count). The van der Waals surface area contributed by atoms with Gasteiger partial charge in [0.1, 0.15) is 11.5 Å². The van der Waals surface area contributed by atoms with E-state index in [1.54, 1.807) is 6.07 Å². The van der Waals surface area contributed by atoms with Gasteiger partial charge in [-0.15, -0.1) is 0 Å². The highest BCUT2D eigenvalue weighted by atomic mass is 16.3. The van der Waals surface area contributed by atoms with E-state index in [0.29, 0.717) is 11.5 Å². The molecule has 0 fully saturated rings. The summed E-state index contributed by atoms with van der Waals surface area (Å²) in [7, 11) is 0. The molecule has 0 heterocycles. The monoisotopic (exact) mass is 292 g/mol. The van der Waals surface area contributed by atoms with Crippen LogP contribution in [-0.2, 0) is 19.3 Å². The van der Waals surface area contributed by atoms with Gasteiger partial charge in [-0.2, -0.15) is 0 Å². The minimum atomic E-state index is 0.316. The Morgan fingerprint density at radius 2 is 1.55 bits per heavy atom. The van der Waals surface area contributed by atoms with Crippen LogP contribution in [-0.4, -0.2) is 10.2 Å². The van der Waals surface area contributed by atoms with Gasteiger partial charge in [0, 0.05) is 11.1 Å². The molecule has 0 bridgehead atoms. The quantitative estimate of drug-likeness (QED) is 0.820. The molecular formula is C20H20O2. The largest absolute Gasteiger partial charge is 0.507 e. The number of rotatable bonds is 1. The molecule has 112 valence electrons. The van der Waals surface area contributed by atoms with Crippen molar-refractivity contribution in [2.24, 2.45) is 0 Å². The van der Waals surface area contributed by atoms with E-state index in [-0.39, 0.29) is 0 Å². The third kappa shape index (κ3) is 2.02. The van der Waals surface area contributed by atoms with E-state index < -0.39 is 0 Å². The highest BCUT2D eigenvalue weighted by molar-refractivity contribution is 5.89. The fourth-order valence-corrected chi connectivity index (χ4v) is 3.92. The third-order valence-corrected chi connectivity index (χ3v) is 4.94. The summed E-state index contributed by atoms with van der Waals surface area (Å²) in [5, 5.41) is 20.9. The zero-order valence-electron chi connectivity index (χ0n) is 12.6. The zero-order chi connectivity index (χ0) is 15.1. The molecule has 0 spiro atoms. The zero-order valence-corrected chi connectivity index (χ0v) is 12.6. The number of benzene rings is 2. The van der Waals surface area contributed by atoms with Crippen LogP contribution in [0.1, 0.15) is 47.1 Å². The van der Waals surface area contributed by atoms with Crippen LogP contribution in [0.3, 0.4) is 0 Å². The summed E-state index contributed by atoms with van der Waals surface area (Å²) in [5.41, 5.74) is 6.65. The van der Waals surface area contributed by atoms with Gasteiger partial charge in [-0.3, -0.25) is 0 Å². The summed E-state index contributed by atoms with van der Waals surface area (Å²) >= 11 is 0. The van der Waals surface area contributed by atoms with Crippen molar-refractivity contribution in [2.45, 2.75) is 38.5 Å². The Morgan fingerprint density at radius 1 is 0.727 bits per heavy atom. The van der Waals surface area contributed by atoms with Gasteiger partial charge in [0.15, 0.2) is 0 Å². The summed E-state index contributed by atoms with van der Waals surface area (Å²) in [6.45, 7) is 0. The van der Waals surface area contributed by atoms with Crippen LogP contribution in [0, 0.1) is 0 Å². The average molecular weight is 292 g/mol. The van der Waals surface area contributed by atoms with Crippen LogP contribution in [0.15, 0.2) is 36.4 Å². The fraction of sp³-hybridized carbons (Fsp3) is 0.300. The van der Waals surface area contributed by atoms with E-state index in [9.17, 15) is 10.2 Å². The molecule has 2 aromatic carbocycles. The van der Waals surface area contributed by atoms with E-state index in [1.165, 1.54) is 29.5 Å². The lowest BCUT2D eigenvalue weighted by Gasteiger charge is -2.25. The van der Waals surface area contributed by atoms with Crippen molar-refractivity contribution in [1.29, 1.82) is 0 Å². The van der Waals surface area contributed by atoms with Crippen LogP contribution < -0.4 is 0 Å². The van der Waals surface area contributed by atoms with Crippen molar-refractivity contribution in [3.63, 3.8) is 0 Å². The van der Waals surface area contributed by atoms with Gasteiger partial charge in [-0.1, -0.05) is 24.3 Å². The number of phenolic OH excluding ortho intramolecular Hbond substituents is 2. The Morgan fingerprint density at radius 3 is 2.45 bits per heavy atom. The maximum atomic E-state index is 10.5. The van der Waals surface area contributed by atoms with Gasteiger partial charge in [0.2, 0.25) is 0 Å². The normalized spacial score (nSPS) is 16.6. The van der Waals surface area contributed by atoms with Crippen LogP contribution in [0.25, 0.3) is 5.57 Å². The predicted octanol–water partition coefficient (Wildman–Crippen LogP) is 4.35. The first-order chi connectivity index (χ1) is 10.8. The van der Waals surface area contributed by atoms with E-state index >= 15 is 0 Å². The standard InChI is InChI=1S/C20H20O2/c21-17-10-4-7-14-6-3-9-16(19(14)17)20-15-8-2-1-5-13(15)11-12-18(20)22/h4,7,9-12,21-22H,1-3,5-6,8H2. The molecule has 0 saturated carbocycles. The van der Waals surface area contributed by atoms with Crippen molar-refractivity contribution >= 4 is 5.57 Å². The molecule has 0 atom stereocenters. The predicted molar refractivity (Wildman–Crippen MR) is 88.3 cm³/mol. The van der Waals surface area contributed by atoms with Crippen molar-refractivity contribution in [3.8, 4) is 11.5 Å². The van der Waals surface area contributed by atoms with Crippen molar-refractivity contribution < 1.29 is 10.2 Å². The number of fused-ring (bicyclic) bond motifs is 2. The number of allylic oxidation sites excluding steroid dienone is 1. The topological polar surface area (TPSA) is 40.5 Å². The van der Waals surface area contributed by atoms with Crippen molar-refractivity contribution in [3.05, 3.63) is 64.2 Å². The van der Waals surface area contributed by atoms with Crippen LogP contribution in [0.4, 0.5) is 0 Å². The minimum Gasteiger partial charge on any atom is -0.507 e. The van der Waals surface area contributed by atoms with Crippen LogP contribution >= 0.6 is 0 Å². The van der Waals surface area contributed by atoms with Crippen molar-refractivity contribution in [2.75, 3.05) is 0 Å². The van der Waals surface area contributed by atoms with E-state index in [2.05, 4.69) is 18.2 Å². The summed E-state index contributed by atoms with van der Waals surface area (Å²) in [4.78, 5) is 0. The number of phenols is 2. The SMILES string of the molecule is Oc1cccc2c1C(c1c(O)ccc3c1CCCC3)=CCC2. The van der Waals surface area contributed by atoms with Crippen LogP contribution in [0.2, 0.25) is 0 Å². The third-order valence-electron chi connectivity index (χ3n) is 4.94. The molecule has 0 amide bonds. The first-order valence-electron chi connectivity index (χ1n) is 8.11. The smallest absolute Gasteiger partial charge is 0.123 e. The molecule has 0 unspecified atom stereocenters. The molecule has 2 heteroatoms. The number of aryl methyl sites for hydroxylation is 2. The Labute approximate surface area is 130 Å². The lowest BCUT2D eigenvalue weighted by molar-refractivity contribution is 0.468. The highest BCUT2D eigenvalue weighted by Gasteiger charge is 2.24. The molecule has 2 nitrogen and oxygen atoms in total. The molecule has 0 radical (unpaired) electrons. The lowest BCUT2D eigenvalue weighted by Crippen LogP contribution is -2.09. The Kier molecular flexibility index (Phi) is 3.18. The molecule has 2 aliphatic rings. The van der Waals surface area contributed by atoms with Gasteiger partial charge in [0.25, 0.3) is 0 Å². The lowest BCUT2D eigenvalue weighted by atomic mass is 9.80. The van der Waals surface area contributed by atoms with Gasteiger partial charge < -0.3 is 10.2 Å². The summed E-state index contributed by atoms with van der Waals surface area (Å²) < 4.78 is 0. The molecule has 22 heavy (non-hydrogen) atoms. The molecule has 0 saturated heterocycles. The highest BCUT2D eigenvalue weighted by Crippen LogP contribution is 2.43. The minimum absolute atomic E-state index is 0.316. The molecule has 0 aromatic heterocycles. The first-order valence-corrected chi connectivity index (χ1v) is 8.11. The average Bonchev–Trinajstić information content (AvgIpc) is 2.55. The van der Waals surface area contributed by atoms with Gasteiger partial charge in [0.05, 0.1) is 0 Å². The summed E-state index contributed by atoms with van der Waals surface area (Å²) in [6, 6.07) is 9.59. The van der Waals surface area contributed by atoms with Crippen molar-refractivity contribution in [1.82, 2.24) is 0 Å². The van der Waals surface area contributed by atoms with E-state index in [1.807, 2.05) is 12.1 Å². The van der Waals surface area contributed by atoms with Gasteiger partial charge in [-0.25, -0.2) is 0 Å². The maximum absolute atomic E-state index is 10.5. The Hall–Kier alpha value is -2.22. The summed E-state index contributed by atoms with van der Waals surface area (Å²) in [5.74, 6) is 0.652. The number of aromatic hydroxyl groups is 2. The first kappa shape index (κ1) is 13.4. The molecule has 2 aliphatic carbocycles. The molecule has 2 aromatic rings. The molecule has 2 N–H and O–H groups in total. The molecule has 0 aliphatic heterocycles. The maximum Gasteiger partial charge on any atom is 0.123 e.